The minimum atomic E-state index is -0.920. The average molecular weight is 230 g/mol. The van der Waals surface area contributed by atoms with Crippen LogP contribution in [0.4, 0.5) is 0 Å². The number of halogens is 2. The average Bonchev–Trinajstić information content (AvgIpc) is 1.88. The third kappa shape index (κ3) is 5.06. The molecule has 1 atom stereocenters. The van der Waals surface area contributed by atoms with E-state index < -0.39 is 11.3 Å². The molecule has 2 nitrogen and oxygen atoms in total. The molecule has 10 heavy (non-hydrogen) atoms. The molecule has 60 valence electrons. The normalized spacial score (nSPS) is 13.0. The largest absolute Gasteiger partial charge is 0.480 e. The standard InChI is InChI=1S/C6H10BrClO2/c7-4-2-1-3-5(8)6(9)10/h5H,1-4H2,(H,9,10). The van der Waals surface area contributed by atoms with Crippen molar-refractivity contribution in [3.63, 3.8) is 0 Å². The fourth-order valence-corrected chi connectivity index (χ4v) is 1.09. The van der Waals surface area contributed by atoms with Crippen LogP contribution in [0, 0.1) is 0 Å². The second kappa shape index (κ2) is 5.98. The Kier molecular flexibility index (Phi) is 6.13. The van der Waals surface area contributed by atoms with E-state index in [1.807, 2.05) is 0 Å². The van der Waals surface area contributed by atoms with Crippen molar-refractivity contribution in [1.29, 1.82) is 0 Å². The van der Waals surface area contributed by atoms with E-state index in [-0.39, 0.29) is 0 Å². The number of hydrogen-bond donors (Lipinski definition) is 1. The first-order valence-electron chi connectivity index (χ1n) is 3.11. The van der Waals surface area contributed by atoms with Crippen molar-refractivity contribution >= 4 is 33.5 Å². The first-order valence-corrected chi connectivity index (χ1v) is 4.67. The van der Waals surface area contributed by atoms with Crippen LogP contribution in [0.15, 0.2) is 0 Å². The Morgan fingerprint density at radius 1 is 1.60 bits per heavy atom. The van der Waals surface area contributed by atoms with Crippen molar-refractivity contribution in [2.45, 2.75) is 24.6 Å². The molecule has 0 bridgehead atoms. The van der Waals surface area contributed by atoms with Crippen LogP contribution in [0.1, 0.15) is 19.3 Å². The molecule has 0 saturated carbocycles. The highest BCUT2D eigenvalue weighted by molar-refractivity contribution is 9.09. The highest BCUT2D eigenvalue weighted by Crippen LogP contribution is 2.08. The molecule has 0 fully saturated rings. The zero-order chi connectivity index (χ0) is 7.98. The Hall–Kier alpha value is 0.240. The monoisotopic (exact) mass is 228 g/mol. The van der Waals surface area contributed by atoms with Gasteiger partial charge in [-0.3, -0.25) is 4.79 Å². The zero-order valence-corrected chi connectivity index (χ0v) is 7.86. The third-order valence-corrected chi connectivity index (χ3v) is 2.07. The first-order chi connectivity index (χ1) is 4.68. The SMILES string of the molecule is O=C(O)C(Cl)CCCCBr. The summed E-state index contributed by atoms with van der Waals surface area (Å²) in [5.41, 5.74) is 0. The molecule has 0 aliphatic rings. The van der Waals surface area contributed by atoms with E-state index in [0.29, 0.717) is 6.42 Å². The van der Waals surface area contributed by atoms with Gasteiger partial charge >= 0.3 is 5.97 Å². The first kappa shape index (κ1) is 10.2. The van der Waals surface area contributed by atoms with E-state index in [1.54, 1.807) is 0 Å². The van der Waals surface area contributed by atoms with Crippen LogP contribution in [0.3, 0.4) is 0 Å². The minimum Gasteiger partial charge on any atom is -0.480 e. The minimum absolute atomic E-state index is 0.558. The van der Waals surface area contributed by atoms with Crippen LogP contribution < -0.4 is 0 Å². The Labute approximate surface area is 73.7 Å². The van der Waals surface area contributed by atoms with E-state index in [0.717, 1.165) is 18.2 Å². The van der Waals surface area contributed by atoms with Gasteiger partial charge in [0.05, 0.1) is 0 Å². The van der Waals surface area contributed by atoms with Crippen molar-refractivity contribution in [3.8, 4) is 0 Å². The molecule has 0 aromatic rings. The van der Waals surface area contributed by atoms with Crippen molar-refractivity contribution in [3.05, 3.63) is 0 Å². The molecule has 0 rings (SSSR count). The maximum Gasteiger partial charge on any atom is 0.321 e. The second-order valence-electron chi connectivity index (χ2n) is 1.99. The predicted molar refractivity (Wildman–Crippen MR) is 44.9 cm³/mol. The number of rotatable bonds is 5. The van der Waals surface area contributed by atoms with Gasteiger partial charge < -0.3 is 5.11 Å². The molecule has 0 heterocycles. The van der Waals surface area contributed by atoms with E-state index >= 15 is 0 Å². The fourth-order valence-electron chi connectivity index (χ4n) is 0.542. The van der Waals surface area contributed by atoms with Gasteiger partial charge in [0.25, 0.3) is 0 Å². The van der Waals surface area contributed by atoms with Crippen LogP contribution in [-0.4, -0.2) is 21.8 Å². The predicted octanol–water partition coefficient (Wildman–Crippen LogP) is 2.24. The van der Waals surface area contributed by atoms with Gasteiger partial charge in [0.15, 0.2) is 0 Å². The molecular formula is C6H10BrClO2. The Morgan fingerprint density at radius 2 is 2.20 bits per heavy atom. The summed E-state index contributed by atoms with van der Waals surface area (Å²) in [6.07, 6.45) is 2.41. The summed E-state index contributed by atoms with van der Waals surface area (Å²) in [5, 5.41) is 8.54. The molecule has 1 unspecified atom stereocenters. The third-order valence-electron chi connectivity index (χ3n) is 1.11. The summed E-state index contributed by atoms with van der Waals surface area (Å²) < 4.78 is 0. The van der Waals surface area contributed by atoms with Crippen molar-refractivity contribution in [2.24, 2.45) is 0 Å². The molecular weight excluding hydrogens is 219 g/mol. The Morgan fingerprint density at radius 3 is 2.60 bits per heavy atom. The lowest BCUT2D eigenvalue weighted by atomic mass is 10.2. The smallest absolute Gasteiger partial charge is 0.321 e. The molecule has 0 aliphatic heterocycles. The van der Waals surface area contributed by atoms with Gasteiger partial charge in [-0.1, -0.05) is 22.4 Å². The number of carboxylic acid groups (broad SMARTS) is 1. The Balaban J connectivity index is 3.21. The topological polar surface area (TPSA) is 37.3 Å². The molecule has 0 amide bonds. The van der Waals surface area contributed by atoms with Crippen LogP contribution in [0.5, 0.6) is 0 Å². The van der Waals surface area contributed by atoms with Crippen molar-refractivity contribution < 1.29 is 9.90 Å². The number of unbranched alkanes of at least 4 members (excludes halogenated alkanes) is 1. The number of alkyl halides is 2. The van der Waals surface area contributed by atoms with Crippen molar-refractivity contribution in [1.82, 2.24) is 0 Å². The Bertz CT molecular complexity index is 108. The number of aliphatic carboxylic acids is 1. The number of carbonyl (C=O) groups is 1. The van der Waals surface area contributed by atoms with Gasteiger partial charge in [0, 0.05) is 5.33 Å². The van der Waals surface area contributed by atoms with Gasteiger partial charge in [-0.25, -0.2) is 0 Å². The lowest BCUT2D eigenvalue weighted by Crippen LogP contribution is -2.12. The highest BCUT2D eigenvalue weighted by Gasteiger charge is 2.11. The van der Waals surface area contributed by atoms with Crippen LogP contribution in [-0.2, 0) is 4.79 Å². The molecule has 0 aliphatic carbocycles. The summed E-state index contributed by atoms with van der Waals surface area (Å²) >= 11 is 8.68. The highest BCUT2D eigenvalue weighted by atomic mass is 79.9. The van der Waals surface area contributed by atoms with E-state index in [4.69, 9.17) is 16.7 Å². The molecule has 0 saturated heterocycles. The maximum atomic E-state index is 10.1. The molecule has 1 N–H and O–H groups in total. The molecule has 0 aromatic carbocycles. The van der Waals surface area contributed by atoms with Gasteiger partial charge in [-0.2, -0.15) is 0 Å². The quantitative estimate of drug-likeness (QED) is 0.580. The summed E-state index contributed by atoms with van der Waals surface area (Å²) in [4.78, 5) is 10.1. The summed E-state index contributed by atoms with van der Waals surface area (Å²) in [7, 11) is 0. The molecule has 0 radical (unpaired) electrons. The molecule has 4 heteroatoms. The lowest BCUT2D eigenvalue weighted by molar-refractivity contribution is -0.136. The lowest BCUT2D eigenvalue weighted by Gasteiger charge is -2.00. The van der Waals surface area contributed by atoms with Crippen LogP contribution in [0.25, 0.3) is 0 Å². The molecule has 0 spiro atoms. The maximum absolute atomic E-state index is 10.1. The number of carboxylic acids is 1. The van der Waals surface area contributed by atoms with Gasteiger partial charge in [0.1, 0.15) is 5.38 Å². The zero-order valence-electron chi connectivity index (χ0n) is 5.52. The van der Waals surface area contributed by atoms with Crippen molar-refractivity contribution in [2.75, 3.05) is 5.33 Å². The number of hydrogen-bond acceptors (Lipinski definition) is 1. The second-order valence-corrected chi connectivity index (χ2v) is 3.31. The summed E-state index contributed by atoms with van der Waals surface area (Å²) in [6.45, 7) is 0. The van der Waals surface area contributed by atoms with E-state index in [1.165, 1.54) is 0 Å². The van der Waals surface area contributed by atoms with Gasteiger partial charge in [-0.15, -0.1) is 11.6 Å². The van der Waals surface area contributed by atoms with Gasteiger partial charge in [-0.05, 0) is 12.8 Å². The fraction of sp³-hybridized carbons (Fsp3) is 0.833. The van der Waals surface area contributed by atoms with Crippen LogP contribution in [0.2, 0.25) is 0 Å². The van der Waals surface area contributed by atoms with Crippen LogP contribution >= 0.6 is 27.5 Å². The van der Waals surface area contributed by atoms with E-state index in [9.17, 15) is 4.79 Å². The molecule has 0 aromatic heterocycles. The van der Waals surface area contributed by atoms with E-state index in [2.05, 4.69) is 15.9 Å². The summed E-state index contributed by atoms with van der Waals surface area (Å²) in [5.74, 6) is -0.920. The summed E-state index contributed by atoms with van der Waals surface area (Å²) in [6, 6.07) is 0. The van der Waals surface area contributed by atoms with Gasteiger partial charge in [0.2, 0.25) is 0 Å².